The maximum atomic E-state index is 2.34. The second-order valence-electron chi connectivity index (χ2n) is 12.2. The largest absolute Gasteiger partial charge is 0.310 e. The van der Waals surface area contributed by atoms with Crippen LogP contribution in [-0.4, -0.2) is 0 Å². The first kappa shape index (κ1) is 27.2. The van der Waals surface area contributed by atoms with Gasteiger partial charge in [0.05, 0.1) is 0 Å². The Morgan fingerprint density at radius 2 is 0.723 bits per heavy atom. The van der Waals surface area contributed by atoms with Crippen LogP contribution in [0, 0.1) is 0 Å². The summed E-state index contributed by atoms with van der Waals surface area (Å²) < 4.78 is 0. The zero-order valence-electron chi connectivity index (χ0n) is 25.8. The smallest absolute Gasteiger partial charge is 0.0468 e. The molecule has 0 heterocycles. The van der Waals surface area contributed by atoms with E-state index in [9.17, 15) is 0 Å². The summed E-state index contributed by atoms with van der Waals surface area (Å²) in [5.41, 5.74) is 8.39. The fourth-order valence-corrected chi connectivity index (χ4v) is 7.04. The first-order chi connectivity index (χ1) is 23.3. The maximum Gasteiger partial charge on any atom is 0.0468 e. The topological polar surface area (TPSA) is 3.24 Å². The van der Waals surface area contributed by atoms with Crippen LogP contribution in [0.4, 0.5) is 17.1 Å². The number of hydrogen-bond acceptors (Lipinski definition) is 1. The minimum atomic E-state index is 1.14. The van der Waals surface area contributed by atoms with Crippen LogP contribution in [-0.2, 0) is 0 Å². The molecule has 220 valence electrons. The average Bonchev–Trinajstić information content (AvgIpc) is 3.15. The Kier molecular flexibility index (Phi) is 6.54. The molecule has 9 rings (SSSR count). The number of hydrogen-bond donors (Lipinski definition) is 0. The number of para-hydroxylation sites is 2. The molecule has 0 aliphatic heterocycles. The fraction of sp³-hybridized carbons (Fsp3) is 0. The van der Waals surface area contributed by atoms with Crippen LogP contribution < -0.4 is 4.90 Å². The Bertz CT molecular complexity index is 2530. The molecule has 0 saturated heterocycles. The van der Waals surface area contributed by atoms with Crippen molar-refractivity contribution in [1.82, 2.24) is 0 Å². The summed E-state index contributed by atoms with van der Waals surface area (Å²) in [4.78, 5) is 2.31. The van der Waals surface area contributed by atoms with E-state index in [4.69, 9.17) is 0 Å². The van der Waals surface area contributed by atoms with Crippen molar-refractivity contribution in [2.75, 3.05) is 4.90 Å². The number of rotatable bonds is 5. The van der Waals surface area contributed by atoms with E-state index in [2.05, 4.69) is 193 Å². The van der Waals surface area contributed by atoms with Crippen molar-refractivity contribution >= 4 is 60.2 Å². The third-order valence-electron chi connectivity index (χ3n) is 9.36. The molecule has 1 nitrogen and oxygen atoms in total. The van der Waals surface area contributed by atoms with Crippen LogP contribution in [0.2, 0.25) is 0 Å². The minimum Gasteiger partial charge on any atom is -0.310 e. The molecule has 47 heavy (non-hydrogen) atoms. The van der Waals surface area contributed by atoms with Gasteiger partial charge in [0.1, 0.15) is 0 Å². The lowest BCUT2D eigenvalue weighted by Gasteiger charge is -2.25. The molecule has 0 saturated carbocycles. The van der Waals surface area contributed by atoms with Crippen molar-refractivity contribution in [2.45, 2.75) is 0 Å². The Balaban J connectivity index is 1.07. The van der Waals surface area contributed by atoms with E-state index in [0.717, 1.165) is 17.1 Å². The van der Waals surface area contributed by atoms with Crippen LogP contribution in [0.5, 0.6) is 0 Å². The first-order valence-corrected chi connectivity index (χ1v) is 16.2. The molecule has 0 aromatic heterocycles. The Labute approximate surface area is 274 Å². The first-order valence-electron chi connectivity index (χ1n) is 16.2. The molecule has 9 aromatic carbocycles. The Morgan fingerprint density at radius 3 is 1.36 bits per heavy atom. The molecular formula is C46H31N. The van der Waals surface area contributed by atoms with E-state index in [1.54, 1.807) is 0 Å². The standard InChI is InChI=1S/C46H31N/c1-3-12-40(13-4-1)47(41-14-5-2-6-15-41)42-26-25-36-28-33(21-22-37(36)30-42)32-19-20-35-29-39(24-23-34(35)27-32)46-31-38-11-7-8-16-43(38)44-17-9-10-18-45(44)46/h1-31H. The van der Waals surface area contributed by atoms with Gasteiger partial charge in [-0.05, 0) is 126 Å². The summed E-state index contributed by atoms with van der Waals surface area (Å²) in [6.07, 6.45) is 0. The van der Waals surface area contributed by atoms with E-state index in [-0.39, 0.29) is 0 Å². The molecule has 0 unspecified atom stereocenters. The molecule has 0 radical (unpaired) electrons. The normalized spacial score (nSPS) is 11.4. The van der Waals surface area contributed by atoms with Crippen LogP contribution in [0.25, 0.3) is 65.3 Å². The van der Waals surface area contributed by atoms with Crippen molar-refractivity contribution in [3.05, 3.63) is 188 Å². The molecule has 1 heteroatoms. The third-order valence-corrected chi connectivity index (χ3v) is 9.36. The van der Waals surface area contributed by atoms with Gasteiger partial charge >= 0.3 is 0 Å². The lowest BCUT2D eigenvalue weighted by atomic mass is 9.91. The van der Waals surface area contributed by atoms with E-state index in [1.165, 1.54) is 65.3 Å². The van der Waals surface area contributed by atoms with E-state index in [0.29, 0.717) is 0 Å². The molecule has 0 amide bonds. The lowest BCUT2D eigenvalue weighted by molar-refractivity contribution is 1.29. The molecular weight excluding hydrogens is 567 g/mol. The van der Waals surface area contributed by atoms with E-state index < -0.39 is 0 Å². The summed E-state index contributed by atoms with van der Waals surface area (Å²) in [5.74, 6) is 0. The molecule has 0 aliphatic carbocycles. The van der Waals surface area contributed by atoms with Crippen LogP contribution >= 0.6 is 0 Å². The van der Waals surface area contributed by atoms with Crippen molar-refractivity contribution < 1.29 is 0 Å². The van der Waals surface area contributed by atoms with Crippen molar-refractivity contribution in [3.63, 3.8) is 0 Å². The number of fused-ring (bicyclic) bond motifs is 5. The van der Waals surface area contributed by atoms with Crippen LogP contribution in [0.1, 0.15) is 0 Å². The second-order valence-corrected chi connectivity index (χ2v) is 12.2. The van der Waals surface area contributed by atoms with Gasteiger partial charge in [0.15, 0.2) is 0 Å². The molecule has 0 aliphatic rings. The lowest BCUT2D eigenvalue weighted by Crippen LogP contribution is -2.09. The van der Waals surface area contributed by atoms with Gasteiger partial charge in [-0.1, -0.05) is 127 Å². The Morgan fingerprint density at radius 1 is 0.255 bits per heavy atom. The maximum absolute atomic E-state index is 2.34. The molecule has 0 bridgehead atoms. The zero-order chi connectivity index (χ0) is 31.2. The van der Waals surface area contributed by atoms with Gasteiger partial charge in [-0.2, -0.15) is 0 Å². The summed E-state index contributed by atoms with van der Waals surface area (Å²) >= 11 is 0. The van der Waals surface area contributed by atoms with Crippen LogP contribution in [0.3, 0.4) is 0 Å². The minimum absolute atomic E-state index is 1.14. The molecule has 9 aromatic rings. The van der Waals surface area contributed by atoms with Crippen molar-refractivity contribution in [3.8, 4) is 22.3 Å². The van der Waals surface area contributed by atoms with E-state index in [1.807, 2.05) is 0 Å². The third kappa shape index (κ3) is 4.90. The molecule has 0 spiro atoms. The summed E-state index contributed by atoms with van der Waals surface area (Å²) in [6, 6.07) is 68.2. The van der Waals surface area contributed by atoms with Gasteiger partial charge in [0, 0.05) is 17.1 Å². The number of benzene rings is 9. The molecule has 0 atom stereocenters. The van der Waals surface area contributed by atoms with Gasteiger partial charge in [-0.15, -0.1) is 0 Å². The highest BCUT2D eigenvalue weighted by Gasteiger charge is 2.13. The highest BCUT2D eigenvalue weighted by atomic mass is 15.1. The van der Waals surface area contributed by atoms with E-state index >= 15 is 0 Å². The average molecular weight is 598 g/mol. The predicted molar refractivity (Wildman–Crippen MR) is 202 cm³/mol. The molecule has 0 N–H and O–H groups in total. The predicted octanol–water partition coefficient (Wildman–Crippen LogP) is 13.1. The summed E-state index contributed by atoms with van der Waals surface area (Å²) in [5, 5.41) is 10.1. The number of anilines is 3. The van der Waals surface area contributed by atoms with Crippen molar-refractivity contribution in [2.24, 2.45) is 0 Å². The zero-order valence-corrected chi connectivity index (χ0v) is 25.8. The fourth-order valence-electron chi connectivity index (χ4n) is 7.04. The van der Waals surface area contributed by atoms with Gasteiger partial charge in [-0.3, -0.25) is 0 Å². The highest BCUT2D eigenvalue weighted by molar-refractivity contribution is 6.14. The SMILES string of the molecule is c1ccc(N(c2ccccc2)c2ccc3cc(-c4ccc5cc(-c6cc7ccccc7c7ccccc67)ccc5c4)ccc3c2)cc1. The molecule has 0 fully saturated rings. The second kappa shape index (κ2) is 11.3. The quantitative estimate of drug-likeness (QED) is 0.178. The van der Waals surface area contributed by atoms with Crippen molar-refractivity contribution in [1.29, 1.82) is 0 Å². The van der Waals surface area contributed by atoms with Gasteiger partial charge in [0.2, 0.25) is 0 Å². The summed E-state index contributed by atoms with van der Waals surface area (Å²) in [7, 11) is 0. The van der Waals surface area contributed by atoms with Gasteiger partial charge in [0.25, 0.3) is 0 Å². The van der Waals surface area contributed by atoms with Gasteiger partial charge in [-0.25, -0.2) is 0 Å². The Hall–Kier alpha value is -6.18. The summed E-state index contributed by atoms with van der Waals surface area (Å²) in [6.45, 7) is 0. The highest BCUT2D eigenvalue weighted by Crippen LogP contribution is 2.38. The van der Waals surface area contributed by atoms with Gasteiger partial charge < -0.3 is 4.90 Å². The number of nitrogens with zero attached hydrogens (tertiary/aromatic N) is 1. The monoisotopic (exact) mass is 597 g/mol. The van der Waals surface area contributed by atoms with Crippen LogP contribution in [0.15, 0.2) is 188 Å².